The molecule has 0 aliphatic heterocycles. The van der Waals surface area contributed by atoms with Crippen molar-refractivity contribution in [3.05, 3.63) is 52.8 Å². The molecule has 2 rings (SSSR count). The molecule has 98 valence electrons. The summed E-state index contributed by atoms with van der Waals surface area (Å²) in [5, 5.41) is 2.73. The predicted octanol–water partition coefficient (Wildman–Crippen LogP) is 3.38. The van der Waals surface area contributed by atoms with Gasteiger partial charge in [0.15, 0.2) is 0 Å². The molecule has 1 aromatic carbocycles. The summed E-state index contributed by atoms with van der Waals surface area (Å²) in [6.45, 7) is 1.82. The number of rotatable bonds is 4. The van der Waals surface area contributed by atoms with Gasteiger partial charge in [0.1, 0.15) is 12.4 Å². The molecule has 19 heavy (non-hydrogen) atoms. The van der Waals surface area contributed by atoms with E-state index in [-0.39, 0.29) is 5.91 Å². The van der Waals surface area contributed by atoms with Crippen LogP contribution in [0.4, 0.5) is 5.69 Å². The van der Waals surface area contributed by atoms with Crippen molar-refractivity contribution < 1.29 is 9.53 Å². The third kappa shape index (κ3) is 4.06. The van der Waals surface area contributed by atoms with Crippen molar-refractivity contribution in [1.29, 1.82) is 0 Å². The monoisotopic (exact) mass is 320 g/mol. The summed E-state index contributed by atoms with van der Waals surface area (Å²) in [7, 11) is 0. The number of benzene rings is 1. The summed E-state index contributed by atoms with van der Waals surface area (Å²) >= 11 is 3.33. The van der Waals surface area contributed by atoms with Gasteiger partial charge in [0.25, 0.3) is 0 Å². The molecule has 0 unspecified atom stereocenters. The van der Waals surface area contributed by atoms with E-state index in [9.17, 15) is 4.79 Å². The highest BCUT2D eigenvalue weighted by molar-refractivity contribution is 9.10. The predicted molar refractivity (Wildman–Crippen MR) is 77.0 cm³/mol. The Balaban J connectivity index is 2.06. The number of pyridine rings is 1. The molecule has 0 spiro atoms. The van der Waals surface area contributed by atoms with Crippen LogP contribution in [-0.2, 0) is 11.4 Å². The van der Waals surface area contributed by atoms with Crippen LogP contribution in [0.15, 0.2) is 47.1 Å². The van der Waals surface area contributed by atoms with Crippen molar-refractivity contribution in [2.45, 2.75) is 13.5 Å². The molecule has 1 aromatic heterocycles. The molecule has 0 saturated carbocycles. The van der Waals surface area contributed by atoms with Crippen molar-refractivity contribution in [1.82, 2.24) is 4.98 Å². The minimum absolute atomic E-state index is 0.127. The molecular formula is C14H13BrN2O2. The Hall–Kier alpha value is -1.88. The van der Waals surface area contributed by atoms with Crippen LogP contribution in [0.1, 0.15) is 12.6 Å². The second kappa shape index (κ2) is 6.33. The summed E-state index contributed by atoms with van der Waals surface area (Å²) in [6, 6.07) is 11.1. The largest absolute Gasteiger partial charge is 0.485 e. The van der Waals surface area contributed by atoms with Crippen LogP contribution >= 0.6 is 15.9 Å². The number of carbonyl (C=O) groups excluding carboxylic acids is 1. The van der Waals surface area contributed by atoms with Gasteiger partial charge in [0, 0.05) is 17.6 Å². The van der Waals surface area contributed by atoms with Crippen molar-refractivity contribution in [3.63, 3.8) is 0 Å². The van der Waals surface area contributed by atoms with Gasteiger partial charge in [0.05, 0.1) is 11.4 Å². The first-order chi connectivity index (χ1) is 9.15. The van der Waals surface area contributed by atoms with Crippen molar-refractivity contribution in [3.8, 4) is 5.75 Å². The van der Waals surface area contributed by atoms with Gasteiger partial charge in [-0.25, -0.2) is 0 Å². The average molecular weight is 321 g/mol. The first-order valence-electron chi connectivity index (χ1n) is 5.75. The third-order valence-corrected chi connectivity index (χ3v) is 2.83. The van der Waals surface area contributed by atoms with Crippen LogP contribution in [0.2, 0.25) is 0 Å². The van der Waals surface area contributed by atoms with Crippen molar-refractivity contribution in [2.24, 2.45) is 0 Å². The topological polar surface area (TPSA) is 51.2 Å². The molecular weight excluding hydrogens is 308 g/mol. The zero-order chi connectivity index (χ0) is 13.7. The number of hydrogen-bond acceptors (Lipinski definition) is 3. The number of para-hydroxylation sites is 2. The zero-order valence-electron chi connectivity index (χ0n) is 10.4. The number of ether oxygens (including phenoxy) is 1. The minimum Gasteiger partial charge on any atom is -0.485 e. The van der Waals surface area contributed by atoms with Gasteiger partial charge in [0.2, 0.25) is 5.91 Å². The molecule has 1 N–H and O–H groups in total. The maximum atomic E-state index is 11.1. The fourth-order valence-electron chi connectivity index (χ4n) is 1.53. The van der Waals surface area contributed by atoms with E-state index in [1.165, 1.54) is 6.92 Å². The Morgan fingerprint density at radius 1 is 1.32 bits per heavy atom. The normalized spacial score (nSPS) is 10.0. The molecule has 0 fully saturated rings. The lowest BCUT2D eigenvalue weighted by Crippen LogP contribution is -2.08. The molecule has 0 bridgehead atoms. The fourth-order valence-corrected chi connectivity index (χ4v) is 1.76. The Bertz CT molecular complexity index is 570. The number of aromatic nitrogens is 1. The summed E-state index contributed by atoms with van der Waals surface area (Å²) < 4.78 is 6.60. The second-order valence-electron chi connectivity index (χ2n) is 3.93. The second-order valence-corrected chi connectivity index (χ2v) is 4.85. The van der Waals surface area contributed by atoms with Crippen LogP contribution in [0.25, 0.3) is 0 Å². The van der Waals surface area contributed by atoms with E-state index in [1.54, 1.807) is 12.3 Å². The Morgan fingerprint density at radius 2 is 2.11 bits per heavy atom. The van der Waals surface area contributed by atoms with Gasteiger partial charge < -0.3 is 10.1 Å². The minimum atomic E-state index is -0.127. The SMILES string of the molecule is CC(=O)Nc1ccccc1OCc1ccc(Br)cn1. The maximum absolute atomic E-state index is 11.1. The number of amides is 1. The number of hydrogen-bond donors (Lipinski definition) is 1. The van der Waals surface area contributed by atoms with Crippen LogP contribution in [-0.4, -0.2) is 10.9 Å². The first kappa shape index (κ1) is 13.5. The van der Waals surface area contributed by atoms with Crippen molar-refractivity contribution >= 4 is 27.5 Å². The van der Waals surface area contributed by atoms with E-state index >= 15 is 0 Å². The number of nitrogens with one attached hydrogen (secondary N) is 1. The summed E-state index contributed by atoms with van der Waals surface area (Å²) in [5.74, 6) is 0.500. The summed E-state index contributed by atoms with van der Waals surface area (Å²) in [4.78, 5) is 15.3. The highest BCUT2D eigenvalue weighted by Crippen LogP contribution is 2.24. The van der Waals surface area contributed by atoms with Gasteiger partial charge in [-0.1, -0.05) is 12.1 Å². The molecule has 4 nitrogen and oxygen atoms in total. The first-order valence-corrected chi connectivity index (χ1v) is 6.54. The van der Waals surface area contributed by atoms with Crippen molar-refractivity contribution in [2.75, 3.05) is 5.32 Å². The average Bonchev–Trinajstić information content (AvgIpc) is 2.39. The zero-order valence-corrected chi connectivity index (χ0v) is 12.0. The van der Waals surface area contributed by atoms with Gasteiger partial charge in [-0.15, -0.1) is 0 Å². The van der Waals surface area contributed by atoms with Crippen LogP contribution in [0, 0.1) is 0 Å². The highest BCUT2D eigenvalue weighted by atomic mass is 79.9. The smallest absolute Gasteiger partial charge is 0.221 e. The van der Waals surface area contributed by atoms with E-state index in [1.807, 2.05) is 30.3 Å². The molecule has 0 aliphatic rings. The van der Waals surface area contributed by atoms with E-state index in [0.29, 0.717) is 18.0 Å². The number of carbonyl (C=O) groups is 1. The Labute approximate surface area is 119 Å². The standard InChI is InChI=1S/C14H13BrN2O2/c1-10(18)17-13-4-2-3-5-14(13)19-9-12-7-6-11(15)8-16-12/h2-8H,9H2,1H3,(H,17,18). The lowest BCUT2D eigenvalue weighted by Gasteiger charge is -2.11. The van der Waals surface area contributed by atoms with Crippen LogP contribution in [0.5, 0.6) is 5.75 Å². The van der Waals surface area contributed by atoms with E-state index < -0.39 is 0 Å². The number of anilines is 1. The van der Waals surface area contributed by atoms with Gasteiger partial charge in [-0.2, -0.15) is 0 Å². The molecule has 5 heteroatoms. The van der Waals surface area contributed by atoms with E-state index in [0.717, 1.165) is 10.2 Å². The van der Waals surface area contributed by atoms with E-state index in [4.69, 9.17) is 4.74 Å². The molecule has 0 atom stereocenters. The quantitative estimate of drug-likeness (QED) is 0.939. The Morgan fingerprint density at radius 3 is 2.79 bits per heavy atom. The number of nitrogens with zero attached hydrogens (tertiary/aromatic N) is 1. The Kier molecular flexibility index (Phi) is 4.52. The fraction of sp³-hybridized carbons (Fsp3) is 0.143. The molecule has 1 amide bonds. The van der Waals surface area contributed by atoms with Gasteiger partial charge >= 0.3 is 0 Å². The lowest BCUT2D eigenvalue weighted by atomic mass is 10.3. The van der Waals surface area contributed by atoms with Crippen LogP contribution < -0.4 is 10.1 Å². The van der Waals surface area contributed by atoms with Gasteiger partial charge in [-0.05, 0) is 40.2 Å². The summed E-state index contributed by atoms with van der Waals surface area (Å²) in [5.41, 5.74) is 1.48. The molecule has 0 radical (unpaired) electrons. The molecule has 2 aromatic rings. The van der Waals surface area contributed by atoms with Crippen LogP contribution in [0.3, 0.4) is 0 Å². The highest BCUT2D eigenvalue weighted by Gasteiger charge is 2.05. The lowest BCUT2D eigenvalue weighted by molar-refractivity contribution is -0.114. The third-order valence-electron chi connectivity index (χ3n) is 2.36. The maximum Gasteiger partial charge on any atom is 0.221 e. The van der Waals surface area contributed by atoms with Gasteiger partial charge in [-0.3, -0.25) is 9.78 Å². The van der Waals surface area contributed by atoms with E-state index in [2.05, 4.69) is 26.2 Å². The molecule has 0 saturated heterocycles. The number of halogens is 1. The molecule has 0 aliphatic carbocycles. The molecule has 1 heterocycles. The summed E-state index contributed by atoms with van der Waals surface area (Å²) in [6.07, 6.45) is 1.72.